The van der Waals surface area contributed by atoms with E-state index in [1.165, 1.54) is 19.4 Å². The number of ether oxygens (including phenoxy) is 2. The average molecular weight is 288 g/mol. The molecule has 2 heterocycles. The van der Waals surface area contributed by atoms with E-state index in [2.05, 4.69) is 9.97 Å². The topological polar surface area (TPSA) is 81.3 Å². The molecule has 0 aliphatic rings. The van der Waals surface area contributed by atoms with Gasteiger partial charge in [-0.15, -0.1) is 0 Å². The number of Topliss-reactive ketones (excluding diaryl/α,β-unsaturated/α-hetero) is 1. The number of carbonyl (C=O) groups excluding carboxylic acids is 2. The van der Waals surface area contributed by atoms with Crippen molar-refractivity contribution in [1.29, 1.82) is 0 Å². The fraction of sp³-hybridized carbons (Fsp3) is 0.267. The van der Waals surface area contributed by atoms with Gasteiger partial charge in [0.2, 0.25) is 11.7 Å². The van der Waals surface area contributed by atoms with Gasteiger partial charge in [-0.05, 0) is 26.0 Å². The normalized spacial score (nSPS) is 10.2. The highest BCUT2D eigenvalue weighted by molar-refractivity contribution is 6.00. The molecule has 0 saturated carbocycles. The number of esters is 1. The molecule has 0 spiro atoms. The highest BCUT2D eigenvalue weighted by Gasteiger charge is 2.15. The Morgan fingerprint density at radius 2 is 2.05 bits per heavy atom. The van der Waals surface area contributed by atoms with Gasteiger partial charge in [-0.2, -0.15) is 0 Å². The number of nitrogens with one attached hydrogen (secondary N) is 1. The Hall–Kier alpha value is -2.63. The lowest BCUT2D eigenvalue weighted by molar-refractivity contribution is 0.0474. The predicted octanol–water partition coefficient (Wildman–Crippen LogP) is 2.07. The van der Waals surface area contributed by atoms with Crippen LogP contribution in [0, 0.1) is 13.8 Å². The van der Waals surface area contributed by atoms with E-state index in [9.17, 15) is 9.59 Å². The summed E-state index contributed by atoms with van der Waals surface area (Å²) >= 11 is 0. The number of ketones is 1. The molecule has 1 N–H and O–H groups in total. The quantitative estimate of drug-likeness (QED) is 0.673. The lowest BCUT2D eigenvalue weighted by Crippen LogP contribution is -2.14. The van der Waals surface area contributed by atoms with E-state index >= 15 is 0 Å². The molecule has 0 saturated heterocycles. The van der Waals surface area contributed by atoms with Gasteiger partial charge in [-0.25, -0.2) is 9.78 Å². The van der Waals surface area contributed by atoms with Crippen LogP contribution in [0.4, 0.5) is 0 Å². The van der Waals surface area contributed by atoms with Crippen molar-refractivity contribution in [3.05, 3.63) is 46.9 Å². The summed E-state index contributed by atoms with van der Waals surface area (Å²) in [5.74, 6) is -0.434. The van der Waals surface area contributed by atoms with Crippen molar-refractivity contribution in [3.63, 3.8) is 0 Å². The van der Waals surface area contributed by atoms with Crippen LogP contribution in [0.25, 0.3) is 0 Å². The summed E-state index contributed by atoms with van der Waals surface area (Å²) in [5, 5.41) is 0. The lowest BCUT2D eigenvalue weighted by Gasteiger charge is -2.04. The van der Waals surface area contributed by atoms with Gasteiger partial charge < -0.3 is 14.5 Å². The van der Waals surface area contributed by atoms with Gasteiger partial charge in [0.25, 0.3) is 0 Å². The molecule has 0 aliphatic heterocycles. The third-order valence-electron chi connectivity index (χ3n) is 2.97. The zero-order valence-electron chi connectivity index (χ0n) is 12.1. The van der Waals surface area contributed by atoms with Crippen LogP contribution in [0.15, 0.2) is 24.4 Å². The number of rotatable bonds is 5. The van der Waals surface area contributed by atoms with Crippen LogP contribution >= 0.6 is 0 Å². The molecule has 6 heteroatoms. The number of aryl methyl sites for hydroxylation is 2. The molecule has 2 aromatic rings. The van der Waals surface area contributed by atoms with Crippen LogP contribution < -0.4 is 4.74 Å². The maximum atomic E-state index is 12.0. The molecule has 0 aliphatic carbocycles. The Balaban J connectivity index is 1.97. The van der Waals surface area contributed by atoms with E-state index in [0.717, 1.165) is 11.4 Å². The van der Waals surface area contributed by atoms with Crippen molar-refractivity contribution in [2.75, 3.05) is 13.7 Å². The standard InChI is InChI=1S/C15H16N2O4/c1-9-6-12(10(2)17-9)13(18)8-21-15(19)11-4-5-14(20-3)16-7-11/h4-7,17H,8H2,1-3H3. The van der Waals surface area contributed by atoms with Crippen molar-refractivity contribution in [2.24, 2.45) is 0 Å². The SMILES string of the molecule is COc1ccc(C(=O)OCC(=O)c2cc(C)[nH]c2C)cn1. The number of pyridine rings is 1. The average Bonchev–Trinajstić information content (AvgIpc) is 2.83. The first-order valence-electron chi connectivity index (χ1n) is 6.38. The van der Waals surface area contributed by atoms with Crippen LogP contribution in [0.2, 0.25) is 0 Å². The Morgan fingerprint density at radius 1 is 1.29 bits per heavy atom. The summed E-state index contributed by atoms with van der Waals surface area (Å²) in [6, 6.07) is 4.82. The van der Waals surface area contributed by atoms with Crippen LogP contribution in [0.3, 0.4) is 0 Å². The monoisotopic (exact) mass is 288 g/mol. The van der Waals surface area contributed by atoms with Gasteiger partial charge in [-0.1, -0.05) is 0 Å². The van der Waals surface area contributed by atoms with E-state index in [4.69, 9.17) is 9.47 Å². The van der Waals surface area contributed by atoms with E-state index in [0.29, 0.717) is 11.4 Å². The van der Waals surface area contributed by atoms with Gasteiger partial charge in [0.05, 0.1) is 12.7 Å². The van der Waals surface area contributed by atoms with Crippen molar-refractivity contribution < 1.29 is 19.1 Å². The number of hydrogen-bond donors (Lipinski definition) is 1. The van der Waals surface area contributed by atoms with Crippen LogP contribution in [-0.2, 0) is 4.74 Å². The molecule has 0 amide bonds. The molecule has 0 atom stereocenters. The van der Waals surface area contributed by atoms with Gasteiger partial charge >= 0.3 is 5.97 Å². The van der Waals surface area contributed by atoms with Crippen molar-refractivity contribution in [3.8, 4) is 5.88 Å². The summed E-state index contributed by atoms with van der Waals surface area (Å²) in [4.78, 5) is 30.7. The number of hydrogen-bond acceptors (Lipinski definition) is 5. The Kier molecular flexibility index (Phi) is 4.37. The molecule has 0 bridgehead atoms. The van der Waals surface area contributed by atoms with Gasteiger partial charge in [0.15, 0.2) is 6.61 Å². The zero-order chi connectivity index (χ0) is 15.4. The zero-order valence-corrected chi connectivity index (χ0v) is 12.1. The molecule has 2 rings (SSSR count). The highest BCUT2D eigenvalue weighted by Crippen LogP contribution is 2.11. The lowest BCUT2D eigenvalue weighted by atomic mass is 10.1. The first-order valence-corrected chi connectivity index (χ1v) is 6.38. The van der Waals surface area contributed by atoms with Gasteiger partial charge in [-0.3, -0.25) is 4.79 Å². The minimum absolute atomic E-state index is 0.244. The second-order valence-electron chi connectivity index (χ2n) is 4.58. The molecular formula is C15H16N2O4. The highest BCUT2D eigenvalue weighted by atomic mass is 16.5. The minimum atomic E-state index is -0.594. The molecule has 0 radical (unpaired) electrons. The summed E-state index contributed by atoms with van der Waals surface area (Å²) in [6.45, 7) is 3.36. The molecule has 0 unspecified atom stereocenters. The smallest absolute Gasteiger partial charge is 0.340 e. The molecular weight excluding hydrogens is 272 g/mol. The number of nitrogens with zero attached hydrogens (tertiary/aromatic N) is 1. The van der Waals surface area contributed by atoms with E-state index in [1.807, 2.05) is 6.92 Å². The molecule has 2 aromatic heterocycles. The molecule has 0 aromatic carbocycles. The first-order chi connectivity index (χ1) is 10.0. The van der Waals surface area contributed by atoms with Crippen LogP contribution in [0.1, 0.15) is 32.1 Å². The summed E-state index contributed by atoms with van der Waals surface area (Å²) in [5.41, 5.74) is 2.46. The predicted molar refractivity (Wildman–Crippen MR) is 75.7 cm³/mol. The molecule has 0 fully saturated rings. The second-order valence-corrected chi connectivity index (χ2v) is 4.58. The van der Waals surface area contributed by atoms with Crippen LogP contribution in [-0.4, -0.2) is 35.4 Å². The van der Waals surface area contributed by atoms with Crippen molar-refractivity contribution >= 4 is 11.8 Å². The van der Waals surface area contributed by atoms with E-state index in [-0.39, 0.29) is 18.0 Å². The number of methoxy groups -OCH3 is 1. The van der Waals surface area contributed by atoms with Gasteiger partial charge in [0.1, 0.15) is 0 Å². The van der Waals surface area contributed by atoms with Crippen LogP contribution in [0.5, 0.6) is 5.88 Å². The first kappa shape index (κ1) is 14.8. The number of aromatic amines is 1. The van der Waals surface area contributed by atoms with Gasteiger partial charge in [0, 0.05) is 29.2 Å². The Morgan fingerprint density at radius 3 is 2.57 bits per heavy atom. The molecule has 110 valence electrons. The minimum Gasteiger partial charge on any atom is -0.481 e. The fourth-order valence-corrected chi connectivity index (χ4v) is 1.93. The maximum absolute atomic E-state index is 12.0. The molecule has 21 heavy (non-hydrogen) atoms. The van der Waals surface area contributed by atoms with Crippen molar-refractivity contribution in [2.45, 2.75) is 13.8 Å². The second kappa shape index (κ2) is 6.21. The van der Waals surface area contributed by atoms with E-state index in [1.54, 1.807) is 19.1 Å². The Labute approximate surface area is 122 Å². The van der Waals surface area contributed by atoms with Crippen molar-refractivity contribution in [1.82, 2.24) is 9.97 Å². The number of H-pyrrole nitrogens is 1. The summed E-state index contributed by atoms with van der Waals surface area (Å²) < 4.78 is 9.90. The van der Waals surface area contributed by atoms with E-state index < -0.39 is 5.97 Å². The number of carbonyl (C=O) groups is 2. The molecule has 6 nitrogen and oxygen atoms in total. The number of aromatic nitrogens is 2. The third kappa shape index (κ3) is 3.47. The largest absolute Gasteiger partial charge is 0.481 e. The Bertz CT molecular complexity index is 659. The fourth-order valence-electron chi connectivity index (χ4n) is 1.93. The third-order valence-corrected chi connectivity index (χ3v) is 2.97. The maximum Gasteiger partial charge on any atom is 0.340 e. The summed E-state index contributed by atoms with van der Waals surface area (Å²) in [7, 11) is 1.49. The summed E-state index contributed by atoms with van der Waals surface area (Å²) in [6.07, 6.45) is 1.34.